The molecule has 2 aliphatic rings. The zero-order chi connectivity index (χ0) is 10.2. The number of nitrogens with zero attached hydrogens (tertiary/aromatic N) is 1. The zero-order valence-corrected chi connectivity index (χ0v) is 10.2. The normalized spacial score (nSPS) is 37.1. The molecule has 2 heterocycles. The summed E-state index contributed by atoms with van der Waals surface area (Å²) in [5.41, 5.74) is 6.89. The molecule has 82 valence electrons. The van der Waals surface area contributed by atoms with Crippen LogP contribution in [-0.2, 0) is 0 Å². The molecule has 0 radical (unpaired) electrons. The Balaban J connectivity index is 1.96. The average Bonchev–Trinajstić information content (AvgIpc) is 2.62. The van der Waals surface area contributed by atoms with Crippen molar-refractivity contribution >= 4 is 11.8 Å². The van der Waals surface area contributed by atoms with E-state index in [0.717, 1.165) is 6.54 Å². The van der Waals surface area contributed by atoms with Crippen molar-refractivity contribution in [2.45, 2.75) is 32.2 Å². The topological polar surface area (TPSA) is 29.3 Å². The predicted molar refractivity (Wildman–Crippen MR) is 63.7 cm³/mol. The van der Waals surface area contributed by atoms with Crippen LogP contribution in [0.4, 0.5) is 0 Å². The van der Waals surface area contributed by atoms with Crippen LogP contribution >= 0.6 is 11.8 Å². The summed E-state index contributed by atoms with van der Waals surface area (Å²) in [5.74, 6) is 2.56. The maximum atomic E-state index is 5.95. The van der Waals surface area contributed by atoms with Crippen molar-refractivity contribution in [3.8, 4) is 0 Å². The molecule has 1 atom stereocenters. The van der Waals surface area contributed by atoms with Gasteiger partial charge in [-0.3, -0.25) is 4.90 Å². The number of nitrogens with two attached hydrogens (primary N) is 1. The molecular weight excluding hydrogens is 192 g/mol. The Labute approximate surface area is 91.6 Å². The summed E-state index contributed by atoms with van der Waals surface area (Å²) in [4.78, 5) is 2.64. The third-order valence-corrected chi connectivity index (χ3v) is 5.37. The Morgan fingerprint density at radius 1 is 1.43 bits per heavy atom. The van der Waals surface area contributed by atoms with Gasteiger partial charge in [-0.2, -0.15) is 11.8 Å². The molecule has 0 saturated carbocycles. The fourth-order valence-electron chi connectivity index (χ4n) is 2.57. The molecular formula is C11H22N2S. The third-order valence-electron chi connectivity index (χ3n) is 4.13. The largest absolute Gasteiger partial charge is 0.329 e. The van der Waals surface area contributed by atoms with E-state index >= 15 is 0 Å². The molecule has 0 aromatic carbocycles. The molecule has 2 aliphatic heterocycles. The molecule has 0 spiro atoms. The number of thioether (sulfide) groups is 1. The van der Waals surface area contributed by atoms with Crippen LogP contribution in [0.1, 0.15) is 26.7 Å². The van der Waals surface area contributed by atoms with Crippen LogP contribution in [0.5, 0.6) is 0 Å². The summed E-state index contributed by atoms with van der Waals surface area (Å²) in [6.45, 7) is 8.08. The maximum absolute atomic E-state index is 5.95. The maximum Gasteiger partial charge on any atom is 0.0430 e. The first-order chi connectivity index (χ1) is 6.64. The van der Waals surface area contributed by atoms with E-state index in [9.17, 15) is 0 Å². The Morgan fingerprint density at radius 2 is 2.14 bits per heavy atom. The van der Waals surface area contributed by atoms with Gasteiger partial charge in [0.15, 0.2) is 0 Å². The molecule has 0 bridgehead atoms. The molecule has 14 heavy (non-hydrogen) atoms. The van der Waals surface area contributed by atoms with Crippen LogP contribution < -0.4 is 5.73 Å². The van der Waals surface area contributed by atoms with Crippen molar-refractivity contribution in [2.75, 3.05) is 31.1 Å². The standard InChI is InChI=1S/C11H22N2S/c1-3-10(2)7-13(8-10)11(6-12)4-5-14-9-11/h3-9,12H2,1-2H3. The molecule has 2 N–H and O–H groups in total. The molecule has 1 unspecified atom stereocenters. The second-order valence-corrected chi connectivity index (χ2v) is 6.36. The van der Waals surface area contributed by atoms with E-state index in [2.05, 4.69) is 30.5 Å². The zero-order valence-electron chi connectivity index (χ0n) is 9.38. The lowest BCUT2D eigenvalue weighted by molar-refractivity contribution is -0.0576. The highest BCUT2D eigenvalue weighted by Crippen LogP contribution is 2.42. The van der Waals surface area contributed by atoms with Crippen LogP contribution in [0.2, 0.25) is 0 Å². The molecule has 0 amide bonds. The van der Waals surface area contributed by atoms with Gasteiger partial charge in [-0.15, -0.1) is 0 Å². The second-order valence-electron chi connectivity index (χ2n) is 5.25. The summed E-state index contributed by atoms with van der Waals surface area (Å²) in [5, 5.41) is 0. The fourth-order valence-corrected chi connectivity index (χ4v) is 4.06. The molecule has 2 nitrogen and oxygen atoms in total. The minimum atomic E-state index is 0.360. The van der Waals surface area contributed by atoms with Gasteiger partial charge in [0, 0.05) is 30.9 Å². The Bertz CT molecular complexity index is 205. The summed E-state index contributed by atoms with van der Waals surface area (Å²) < 4.78 is 0. The van der Waals surface area contributed by atoms with E-state index in [1.165, 1.54) is 37.4 Å². The van der Waals surface area contributed by atoms with Gasteiger partial charge < -0.3 is 5.73 Å². The molecule has 2 rings (SSSR count). The fraction of sp³-hybridized carbons (Fsp3) is 1.00. The number of hydrogen-bond donors (Lipinski definition) is 1. The Morgan fingerprint density at radius 3 is 2.57 bits per heavy atom. The Kier molecular flexibility index (Phi) is 2.84. The van der Waals surface area contributed by atoms with E-state index in [1.54, 1.807) is 0 Å². The highest BCUT2D eigenvalue weighted by atomic mass is 32.2. The van der Waals surface area contributed by atoms with Gasteiger partial charge in [-0.25, -0.2) is 0 Å². The first kappa shape index (κ1) is 10.8. The highest BCUT2D eigenvalue weighted by molar-refractivity contribution is 7.99. The highest BCUT2D eigenvalue weighted by Gasteiger charge is 2.48. The third kappa shape index (κ3) is 1.59. The number of rotatable bonds is 3. The van der Waals surface area contributed by atoms with E-state index in [4.69, 9.17) is 5.73 Å². The molecule has 2 saturated heterocycles. The van der Waals surface area contributed by atoms with Gasteiger partial charge in [-0.1, -0.05) is 13.8 Å². The summed E-state index contributed by atoms with van der Waals surface area (Å²) in [6.07, 6.45) is 2.60. The van der Waals surface area contributed by atoms with Gasteiger partial charge in [0.05, 0.1) is 0 Å². The van der Waals surface area contributed by atoms with Crippen molar-refractivity contribution < 1.29 is 0 Å². The van der Waals surface area contributed by atoms with Crippen LogP contribution in [0.15, 0.2) is 0 Å². The first-order valence-electron chi connectivity index (χ1n) is 5.67. The summed E-state index contributed by atoms with van der Waals surface area (Å²) in [6, 6.07) is 0. The van der Waals surface area contributed by atoms with Gasteiger partial charge in [0.25, 0.3) is 0 Å². The van der Waals surface area contributed by atoms with Crippen molar-refractivity contribution in [3.63, 3.8) is 0 Å². The predicted octanol–water partition coefficient (Wildman–Crippen LogP) is 1.55. The second kappa shape index (κ2) is 3.69. The van der Waals surface area contributed by atoms with Crippen molar-refractivity contribution in [1.29, 1.82) is 0 Å². The van der Waals surface area contributed by atoms with E-state index in [-0.39, 0.29) is 0 Å². The summed E-state index contributed by atoms with van der Waals surface area (Å²) >= 11 is 2.07. The van der Waals surface area contributed by atoms with Gasteiger partial charge in [-0.05, 0) is 24.0 Å². The Hall–Kier alpha value is 0.270. The van der Waals surface area contributed by atoms with Gasteiger partial charge in [0.2, 0.25) is 0 Å². The molecule has 0 aromatic heterocycles. The van der Waals surface area contributed by atoms with Crippen LogP contribution in [0.25, 0.3) is 0 Å². The minimum absolute atomic E-state index is 0.360. The van der Waals surface area contributed by atoms with Crippen LogP contribution in [-0.4, -0.2) is 41.6 Å². The van der Waals surface area contributed by atoms with Crippen LogP contribution in [0, 0.1) is 5.41 Å². The van der Waals surface area contributed by atoms with Gasteiger partial charge >= 0.3 is 0 Å². The number of likely N-dealkylation sites (tertiary alicyclic amines) is 1. The van der Waals surface area contributed by atoms with Crippen molar-refractivity contribution in [1.82, 2.24) is 4.90 Å². The average molecular weight is 214 g/mol. The summed E-state index contributed by atoms with van der Waals surface area (Å²) in [7, 11) is 0. The van der Waals surface area contributed by atoms with Gasteiger partial charge in [0.1, 0.15) is 0 Å². The van der Waals surface area contributed by atoms with Crippen molar-refractivity contribution in [3.05, 3.63) is 0 Å². The van der Waals surface area contributed by atoms with E-state index in [0.29, 0.717) is 11.0 Å². The lowest BCUT2D eigenvalue weighted by Gasteiger charge is -2.56. The van der Waals surface area contributed by atoms with Crippen molar-refractivity contribution in [2.24, 2.45) is 11.1 Å². The lowest BCUT2D eigenvalue weighted by Crippen LogP contribution is -2.66. The van der Waals surface area contributed by atoms with Crippen LogP contribution in [0.3, 0.4) is 0 Å². The SMILES string of the molecule is CCC1(C)CN(C2(CN)CCSC2)C1. The smallest absolute Gasteiger partial charge is 0.0430 e. The molecule has 3 heteroatoms. The number of hydrogen-bond acceptors (Lipinski definition) is 3. The molecule has 2 fully saturated rings. The first-order valence-corrected chi connectivity index (χ1v) is 6.82. The van der Waals surface area contributed by atoms with E-state index < -0.39 is 0 Å². The molecule has 0 aliphatic carbocycles. The molecule has 0 aromatic rings. The lowest BCUT2D eigenvalue weighted by atomic mass is 9.75. The quantitative estimate of drug-likeness (QED) is 0.773. The van der Waals surface area contributed by atoms with E-state index in [1.807, 2.05) is 0 Å². The minimum Gasteiger partial charge on any atom is -0.329 e. The monoisotopic (exact) mass is 214 g/mol.